The van der Waals surface area contributed by atoms with Gasteiger partial charge < -0.3 is 25.3 Å². The van der Waals surface area contributed by atoms with Crippen LogP contribution in [0.4, 0.5) is 10.1 Å². The van der Waals surface area contributed by atoms with Crippen molar-refractivity contribution >= 4 is 17.8 Å². The summed E-state index contributed by atoms with van der Waals surface area (Å²) in [5.41, 5.74) is 4.16. The van der Waals surface area contributed by atoms with E-state index < -0.39 is 31.1 Å². The Morgan fingerprint density at radius 3 is 1.86 bits per heavy atom. The Bertz CT molecular complexity index is 761. The van der Waals surface area contributed by atoms with E-state index in [0.29, 0.717) is 6.42 Å². The molecule has 0 saturated heterocycles. The first kappa shape index (κ1) is 23.0. The van der Waals surface area contributed by atoms with E-state index >= 15 is 0 Å². The lowest BCUT2D eigenvalue weighted by molar-refractivity contribution is -0.100. The number of aliphatic hydroxyl groups is 4. The van der Waals surface area contributed by atoms with Crippen molar-refractivity contribution in [2.24, 2.45) is 0 Å². The molecular formula is C23H30FNO4. The molecule has 2 aromatic carbocycles. The Kier molecular flexibility index (Phi) is 8.79. The van der Waals surface area contributed by atoms with Crippen LogP contribution in [0.2, 0.25) is 0 Å². The van der Waals surface area contributed by atoms with E-state index in [1.807, 2.05) is 55.4 Å². The Balaban J connectivity index is 1.88. The Hall–Kier alpha value is -2.25. The summed E-state index contributed by atoms with van der Waals surface area (Å²) in [7, 11) is 4.00. The van der Waals surface area contributed by atoms with Crippen LogP contribution in [0.1, 0.15) is 23.1 Å². The van der Waals surface area contributed by atoms with Gasteiger partial charge in [-0.2, -0.15) is 0 Å². The average Bonchev–Trinajstić information content (AvgIpc) is 2.75. The van der Waals surface area contributed by atoms with Gasteiger partial charge in [0.15, 0.2) is 0 Å². The third-order valence-corrected chi connectivity index (χ3v) is 4.87. The molecule has 2 rings (SSSR count). The van der Waals surface area contributed by atoms with Crippen molar-refractivity contribution in [2.45, 2.75) is 37.3 Å². The number of hydrogen-bond donors (Lipinski definition) is 4. The molecule has 2 aromatic rings. The predicted molar refractivity (Wildman–Crippen MR) is 114 cm³/mol. The number of hydrogen-bond acceptors (Lipinski definition) is 5. The van der Waals surface area contributed by atoms with Crippen molar-refractivity contribution in [1.29, 1.82) is 0 Å². The van der Waals surface area contributed by atoms with Crippen molar-refractivity contribution < 1.29 is 24.8 Å². The SMILES string of the molecule is CN(C)c1ccc(/C=C/c2ccc(CCC(F)C(O)C(O)C(O)CO)cc2)cc1. The molecule has 0 saturated carbocycles. The van der Waals surface area contributed by atoms with E-state index in [-0.39, 0.29) is 6.42 Å². The second-order valence-corrected chi connectivity index (χ2v) is 7.35. The fourth-order valence-corrected chi connectivity index (χ4v) is 2.90. The fraction of sp³-hybridized carbons (Fsp3) is 0.391. The third-order valence-electron chi connectivity index (χ3n) is 4.87. The number of nitrogens with zero attached hydrogens (tertiary/aromatic N) is 1. The summed E-state index contributed by atoms with van der Waals surface area (Å²) < 4.78 is 14.1. The molecule has 29 heavy (non-hydrogen) atoms. The van der Waals surface area contributed by atoms with E-state index in [1.54, 1.807) is 0 Å². The predicted octanol–water partition coefficient (Wildman–Crippen LogP) is 2.27. The van der Waals surface area contributed by atoms with Crippen LogP contribution in [0.5, 0.6) is 0 Å². The molecule has 0 aliphatic heterocycles. The normalized spacial score (nSPS) is 15.8. The molecule has 4 atom stereocenters. The summed E-state index contributed by atoms with van der Waals surface area (Å²) >= 11 is 0. The van der Waals surface area contributed by atoms with Crippen molar-refractivity contribution in [3.63, 3.8) is 0 Å². The zero-order valence-corrected chi connectivity index (χ0v) is 16.8. The van der Waals surface area contributed by atoms with Gasteiger partial charge in [-0.25, -0.2) is 4.39 Å². The van der Waals surface area contributed by atoms with Gasteiger partial charge in [-0.3, -0.25) is 0 Å². The monoisotopic (exact) mass is 403 g/mol. The average molecular weight is 403 g/mol. The number of benzene rings is 2. The molecule has 6 heteroatoms. The molecule has 4 N–H and O–H groups in total. The number of aliphatic hydroxyl groups excluding tert-OH is 4. The first-order chi connectivity index (χ1) is 13.8. The van der Waals surface area contributed by atoms with Gasteiger partial charge in [-0.15, -0.1) is 0 Å². The minimum atomic E-state index is -1.74. The van der Waals surface area contributed by atoms with Crippen molar-refractivity contribution in [2.75, 3.05) is 25.6 Å². The van der Waals surface area contributed by atoms with E-state index in [1.165, 1.54) is 0 Å². The van der Waals surface area contributed by atoms with Gasteiger partial charge in [0.2, 0.25) is 0 Å². The molecule has 4 unspecified atom stereocenters. The number of anilines is 1. The van der Waals surface area contributed by atoms with Crippen LogP contribution >= 0.6 is 0 Å². The molecule has 0 aliphatic rings. The lowest BCUT2D eigenvalue weighted by Crippen LogP contribution is -2.44. The highest BCUT2D eigenvalue weighted by Gasteiger charge is 2.30. The molecule has 0 aromatic heterocycles. The van der Waals surface area contributed by atoms with Crippen LogP contribution < -0.4 is 4.90 Å². The molecule has 0 bridgehead atoms. The molecule has 158 valence electrons. The van der Waals surface area contributed by atoms with Gasteiger partial charge >= 0.3 is 0 Å². The molecular weight excluding hydrogens is 373 g/mol. The largest absolute Gasteiger partial charge is 0.394 e. The maximum Gasteiger partial charge on any atom is 0.129 e. The molecule has 0 fully saturated rings. The standard InChI is InChI=1S/C23H30FNO4/c1-25(2)19-12-9-18(10-13-19)8-5-16-3-6-17(7-4-16)11-14-20(24)22(28)23(29)21(27)15-26/h3-10,12-13,20-23,26-29H,11,14-15H2,1-2H3/b8-5+. The quantitative estimate of drug-likeness (QED) is 0.458. The molecule has 0 heterocycles. The number of aryl methyl sites for hydroxylation is 1. The molecule has 5 nitrogen and oxygen atoms in total. The smallest absolute Gasteiger partial charge is 0.129 e. The summed E-state index contributed by atoms with van der Waals surface area (Å²) in [5.74, 6) is 0. The molecule has 0 radical (unpaired) electrons. The van der Waals surface area contributed by atoms with Crippen molar-refractivity contribution in [3.05, 3.63) is 65.2 Å². The maximum absolute atomic E-state index is 14.1. The summed E-state index contributed by atoms with van der Waals surface area (Å²) in [6.07, 6.45) is -2.30. The number of halogens is 1. The summed E-state index contributed by atoms with van der Waals surface area (Å²) in [6, 6.07) is 15.9. The Morgan fingerprint density at radius 2 is 1.38 bits per heavy atom. The zero-order chi connectivity index (χ0) is 21.4. The summed E-state index contributed by atoms with van der Waals surface area (Å²) in [4.78, 5) is 2.04. The highest BCUT2D eigenvalue weighted by atomic mass is 19.1. The summed E-state index contributed by atoms with van der Waals surface area (Å²) in [6.45, 7) is -0.736. The second kappa shape index (κ2) is 11.1. The number of rotatable bonds is 10. The maximum atomic E-state index is 14.1. The first-order valence-electron chi connectivity index (χ1n) is 9.65. The Labute approximate surface area is 171 Å². The first-order valence-corrected chi connectivity index (χ1v) is 9.65. The van der Waals surface area contributed by atoms with Crippen LogP contribution in [0.15, 0.2) is 48.5 Å². The van der Waals surface area contributed by atoms with Crippen LogP contribution in [0.25, 0.3) is 12.2 Å². The second-order valence-electron chi connectivity index (χ2n) is 7.35. The van der Waals surface area contributed by atoms with E-state index in [0.717, 1.165) is 22.4 Å². The van der Waals surface area contributed by atoms with Gasteiger partial charge in [0.05, 0.1) is 6.61 Å². The van der Waals surface area contributed by atoms with Crippen LogP contribution in [0.3, 0.4) is 0 Å². The topological polar surface area (TPSA) is 84.2 Å². The van der Waals surface area contributed by atoms with Crippen LogP contribution in [0, 0.1) is 0 Å². The van der Waals surface area contributed by atoms with Crippen LogP contribution in [-0.4, -0.2) is 65.6 Å². The van der Waals surface area contributed by atoms with Gasteiger partial charge in [0, 0.05) is 19.8 Å². The van der Waals surface area contributed by atoms with E-state index in [4.69, 9.17) is 5.11 Å². The third kappa shape index (κ3) is 6.94. The summed E-state index contributed by atoms with van der Waals surface area (Å²) in [5, 5.41) is 37.4. The lowest BCUT2D eigenvalue weighted by atomic mass is 9.98. The highest BCUT2D eigenvalue weighted by Crippen LogP contribution is 2.17. The molecule has 0 spiro atoms. The van der Waals surface area contributed by atoms with Crippen LogP contribution in [-0.2, 0) is 6.42 Å². The van der Waals surface area contributed by atoms with Crippen molar-refractivity contribution in [1.82, 2.24) is 0 Å². The molecule has 0 amide bonds. The van der Waals surface area contributed by atoms with Gasteiger partial charge in [0.25, 0.3) is 0 Å². The van der Waals surface area contributed by atoms with Gasteiger partial charge in [0.1, 0.15) is 24.5 Å². The van der Waals surface area contributed by atoms with Crippen molar-refractivity contribution in [3.8, 4) is 0 Å². The van der Waals surface area contributed by atoms with E-state index in [2.05, 4.69) is 24.3 Å². The van der Waals surface area contributed by atoms with E-state index in [9.17, 15) is 19.7 Å². The Morgan fingerprint density at radius 1 is 0.862 bits per heavy atom. The van der Waals surface area contributed by atoms with Gasteiger partial charge in [-0.1, -0.05) is 48.6 Å². The van der Waals surface area contributed by atoms with Gasteiger partial charge in [-0.05, 0) is 41.7 Å². The minimum absolute atomic E-state index is 0.00375. The fourth-order valence-electron chi connectivity index (χ4n) is 2.90. The minimum Gasteiger partial charge on any atom is -0.394 e. The zero-order valence-electron chi connectivity index (χ0n) is 16.8. The molecule has 0 aliphatic carbocycles. The number of alkyl halides is 1. The lowest BCUT2D eigenvalue weighted by Gasteiger charge is -2.24. The highest BCUT2D eigenvalue weighted by molar-refractivity contribution is 5.70.